The SMILES string of the molecule is COCCOCCOCCOCCOCCCOC(=O)c1ccc(-c2ccc(-c3ccc(-c4ccc(-c5ccc(-c6ccc(C(=O)OCCCOCCOCCOCCOCCOC)s6)s5)s4)s3)s2)s1. The third-order valence-corrected chi connectivity index (χ3v) is 17.1. The van der Waals surface area contributed by atoms with Gasteiger partial charge in [0.1, 0.15) is 9.75 Å². The van der Waals surface area contributed by atoms with Crippen molar-refractivity contribution in [3.05, 3.63) is 82.6 Å². The molecule has 382 valence electrons. The maximum atomic E-state index is 12.8. The zero-order valence-electron chi connectivity index (χ0n) is 39.6. The van der Waals surface area contributed by atoms with Crippen molar-refractivity contribution >= 4 is 80.0 Å². The van der Waals surface area contributed by atoms with Gasteiger partial charge in [0.25, 0.3) is 0 Å². The summed E-state index contributed by atoms with van der Waals surface area (Å²) in [6.07, 6.45) is 1.22. The summed E-state index contributed by atoms with van der Waals surface area (Å²) in [7, 11) is 3.28. The lowest BCUT2D eigenvalue weighted by molar-refractivity contribution is -0.00911. The molecule has 0 fully saturated rings. The molecule has 0 aliphatic rings. The van der Waals surface area contributed by atoms with Gasteiger partial charge in [0, 0.05) is 89.0 Å². The average molecular weight is 1080 g/mol. The molecule has 14 nitrogen and oxygen atoms in total. The molecule has 0 aliphatic heterocycles. The van der Waals surface area contributed by atoms with Crippen molar-refractivity contribution in [1.29, 1.82) is 0 Å². The van der Waals surface area contributed by atoms with E-state index in [1.54, 1.807) is 59.6 Å². The molecule has 0 saturated carbocycles. The van der Waals surface area contributed by atoms with Gasteiger partial charge in [-0.15, -0.1) is 68.0 Å². The Balaban J connectivity index is 0.839. The summed E-state index contributed by atoms with van der Waals surface area (Å²) in [6, 6.07) is 24.9. The standard InChI is InChI=1S/C50H62O14S6/c1-53-21-23-57-29-31-61-35-33-59-27-25-55-17-3-19-63-49(51)47-15-13-45(69-47)43-11-9-41(67-43)39-7-5-37(65-39)38-6-8-40(66-38)42-10-12-44(68-42)46-14-16-48(70-46)50(52)64-20-4-18-56-26-28-60-34-36-62-32-30-58-24-22-54-2/h5-16H,3-4,17-36H2,1-2H3. The number of hydrogen-bond donors (Lipinski definition) is 0. The van der Waals surface area contributed by atoms with Crippen molar-refractivity contribution in [2.45, 2.75) is 12.8 Å². The number of thiophene rings is 6. The van der Waals surface area contributed by atoms with Crippen LogP contribution in [0.5, 0.6) is 0 Å². The van der Waals surface area contributed by atoms with Gasteiger partial charge in [0.15, 0.2) is 0 Å². The zero-order valence-corrected chi connectivity index (χ0v) is 44.5. The van der Waals surface area contributed by atoms with Gasteiger partial charge in [0.2, 0.25) is 0 Å². The molecule has 0 N–H and O–H groups in total. The van der Waals surface area contributed by atoms with Crippen LogP contribution >= 0.6 is 68.0 Å². The maximum Gasteiger partial charge on any atom is 0.348 e. The van der Waals surface area contributed by atoms with Gasteiger partial charge in [-0.1, -0.05) is 0 Å². The first kappa shape index (κ1) is 56.0. The predicted molar refractivity (Wildman–Crippen MR) is 281 cm³/mol. The summed E-state index contributed by atoms with van der Waals surface area (Å²) in [5.74, 6) is -0.641. The minimum atomic E-state index is -0.321. The lowest BCUT2D eigenvalue weighted by atomic mass is 10.3. The smallest absolute Gasteiger partial charge is 0.348 e. The highest BCUT2D eigenvalue weighted by molar-refractivity contribution is 7.30. The Kier molecular flexibility index (Phi) is 26.8. The summed E-state index contributed by atoms with van der Waals surface area (Å²) in [6.45, 7) is 9.81. The number of esters is 2. The monoisotopic (exact) mass is 1080 g/mol. The van der Waals surface area contributed by atoms with E-state index >= 15 is 0 Å². The van der Waals surface area contributed by atoms with Gasteiger partial charge in [0.05, 0.1) is 119 Å². The maximum absolute atomic E-state index is 12.8. The number of carbonyl (C=O) groups excluding carboxylic acids is 2. The van der Waals surface area contributed by atoms with Crippen molar-refractivity contribution in [2.24, 2.45) is 0 Å². The van der Waals surface area contributed by atoms with Crippen LogP contribution in [-0.2, 0) is 56.8 Å². The first-order valence-corrected chi connectivity index (χ1v) is 28.0. The Bertz CT molecular complexity index is 2180. The highest BCUT2D eigenvalue weighted by atomic mass is 32.1. The first-order chi connectivity index (χ1) is 34.5. The second-order valence-electron chi connectivity index (χ2n) is 14.8. The van der Waals surface area contributed by atoms with Crippen molar-refractivity contribution in [1.82, 2.24) is 0 Å². The highest BCUT2D eigenvalue weighted by Gasteiger charge is 2.17. The Morgan fingerprint density at radius 3 is 0.757 bits per heavy atom. The van der Waals surface area contributed by atoms with E-state index in [4.69, 9.17) is 56.8 Å². The Morgan fingerprint density at radius 1 is 0.286 bits per heavy atom. The third-order valence-electron chi connectivity index (χ3n) is 9.68. The van der Waals surface area contributed by atoms with Crippen molar-refractivity contribution < 1.29 is 66.4 Å². The van der Waals surface area contributed by atoms with E-state index in [2.05, 4.69) is 48.5 Å². The van der Waals surface area contributed by atoms with E-state index in [1.165, 1.54) is 51.9 Å². The molecule has 0 aliphatic carbocycles. The van der Waals surface area contributed by atoms with Gasteiger partial charge in [-0.3, -0.25) is 0 Å². The van der Waals surface area contributed by atoms with Crippen LogP contribution in [-0.4, -0.2) is 158 Å². The molecule has 6 aromatic rings. The molecule has 0 atom stereocenters. The Morgan fingerprint density at radius 2 is 0.500 bits per heavy atom. The largest absolute Gasteiger partial charge is 0.461 e. The van der Waals surface area contributed by atoms with E-state index in [9.17, 15) is 9.59 Å². The number of carbonyl (C=O) groups is 2. The van der Waals surface area contributed by atoms with E-state index in [1.807, 2.05) is 24.3 Å². The molecule has 0 spiro atoms. The van der Waals surface area contributed by atoms with Gasteiger partial charge in [-0.2, -0.15) is 0 Å². The minimum Gasteiger partial charge on any atom is -0.461 e. The fraction of sp³-hybridized carbons (Fsp3) is 0.480. The van der Waals surface area contributed by atoms with Crippen LogP contribution in [0.15, 0.2) is 72.8 Å². The summed E-state index contributed by atoms with van der Waals surface area (Å²) < 4.78 is 64.7. The number of hydrogen-bond acceptors (Lipinski definition) is 20. The molecular weight excluding hydrogens is 1020 g/mol. The van der Waals surface area contributed by atoms with Crippen LogP contribution in [0.4, 0.5) is 0 Å². The second-order valence-corrected chi connectivity index (χ2v) is 21.3. The number of rotatable bonds is 39. The second kappa shape index (κ2) is 33.5. The van der Waals surface area contributed by atoms with Gasteiger partial charge in [-0.25, -0.2) is 9.59 Å². The van der Waals surface area contributed by atoms with Gasteiger partial charge < -0.3 is 56.8 Å². The first-order valence-electron chi connectivity index (χ1n) is 23.1. The summed E-state index contributed by atoms with van der Waals surface area (Å²) >= 11 is 9.88. The summed E-state index contributed by atoms with van der Waals surface area (Å²) in [5.41, 5.74) is 0. The fourth-order valence-electron chi connectivity index (χ4n) is 6.17. The normalized spacial score (nSPS) is 11.5. The van der Waals surface area contributed by atoms with Crippen LogP contribution in [0.1, 0.15) is 32.2 Å². The molecule has 0 saturated heterocycles. The minimum absolute atomic E-state index is 0.288. The van der Waals surface area contributed by atoms with E-state index in [0.717, 1.165) is 19.5 Å². The lowest BCUT2D eigenvalue weighted by Crippen LogP contribution is -2.13. The van der Waals surface area contributed by atoms with Crippen LogP contribution in [0.2, 0.25) is 0 Å². The molecule has 0 aromatic carbocycles. The Labute approximate surface area is 434 Å². The molecule has 6 aromatic heterocycles. The summed E-state index contributed by atoms with van der Waals surface area (Å²) in [5, 5.41) is 0. The molecular formula is C50H62O14S6. The van der Waals surface area contributed by atoms with E-state index in [-0.39, 0.29) is 25.2 Å². The van der Waals surface area contributed by atoms with E-state index in [0.29, 0.717) is 142 Å². The van der Waals surface area contributed by atoms with Crippen molar-refractivity contribution in [3.63, 3.8) is 0 Å². The zero-order chi connectivity index (χ0) is 48.9. The molecule has 6 heterocycles. The molecule has 20 heteroatoms. The number of ether oxygens (including phenoxy) is 12. The quantitative estimate of drug-likeness (QED) is 0.0267. The predicted octanol–water partition coefficient (Wildman–Crippen LogP) is 10.9. The third kappa shape index (κ3) is 20.0. The molecule has 6 rings (SSSR count). The average Bonchev–Trinajstić information content (AvgIpc) is 4.23. The summed E-state index contributed by atoms with van der Waals surface area (Å²) in [4.78, 5) is 38.2. The molecule has 70 heavy (non-hydrogen) atoms. The van der Waals surface area contributed by atoms with Crippen LogP contribution in [0.25, 0.3) is 48.8 Å². The van der Waals surface area contributed by atoms with Crippen molar-refractivity contribution in [2.75, 3.05) is 146 Å². The topological polar surface area (TPSA) is 145 Å². The molecule has 0 unspecified atom stereocenters. The van der Waals surface area contributed by atoms with Gasteiger partial charge >= 0.3 is 11.9 Å². The molecule has 0 radical (unpaired) electrons. The van der Waals surface area contributed by atoms with Gasteiger partial charge in [-0.05, 0) is 72.8 Å². The van der Waals surface area contributed by atoms with E-state index < -0.39 is 0 Å². The van der Waals surface area contributed by atoms with Crippen LogP contribution < -0.4 is 0 Å². The Hall–Kier alpha value is -3.26. The number of methoxy groups -OCH3 is 2. The molecule has 0 amide bonds. The van der Waals surface area contributed by atoms with Crippen molar-refractivity contribution in [3.8, 4) is 48.8 Å². The lowest BCUT2D eigenvalue weighted by Gasteiger charge is -2.07. The highest BCUT2D eigenvalue weighted by Crippen LogP contribution is 2.46. The van der Waals surface area contributed by atoms with Crippen LogP contribution in [0.3, 0.4) is 0 Å². The molecule has 0 bridgehead atoms. The van der Waals surface area contributed by atoms with Crippen LogP contribution in [0, 0.1) is 0 Å². The fourth-order valence-corrected chi connectivity index (χ4v) is 12.4.